The molecule has 1 aromatic heterocycles. The van der Waals surface area contributed by atoms with Gasteiger partial charge in [0, 0.05) is 23.4 Å². The van der Waals surface area contributed by atoms with E-state index in [2.05, 4.69) is 75.3 Å². The van der Waals surface area contributed by atoms with E-state index in [1.807, 2.05) is 6.20 Å². The maximum Gasteiger partial charge on any atom is 0.0830 e. The van der Waals surface area contributed by atoms with Gasteiger partial charge in [-0.1, -0.05) is 25.1 Å². The highest BCUT2D eigenvalue weighted by atomic mass is 16.3. The Morgan fingerprint density at radius 3 is 2.60 bits per heavy atom. The van der Waals surface area contributed by atoms with Crippen LogP contribution in [0.3, 0.4) is 0 Å². The average molecular weight is 334 g/mol. The molecule has 0 fully saturated rings. The number of aryl methyl sites for hydroxylation is 1. The number of aromatic amines is 1. The van der Waals surface area contributed by atoms with Crippen molar-refractivity contribution in [3.05, 3.63) is 53.2 Å². The Morgan fingerprint density at radius 1 is 1.08 bits per heavy atom. The van der Waals surface area contributed by atoms with Gasteiger partial charge in [-0.2, -0.15) is 0 Å². The Labute approximate surface area is 149 Å². The lowest BCUT2D eigenvalue weighted by Gasteiger charge is -2.44. The number of aliphatic hydroxyl groups is 1. The van der Waals surface area contributed by atoms with Gasteiger partial charge in [-0.05, 0) is 67.5 Å². The number of rotatable bonds is 1. The van der Waals surface area contributed by atoms with Crippen LogP contribution in [0.25, 0.3) is 22.0 Å². The van der Waals surface area contributed by atoms with Gasteiger partial charge in [0.05, 0.1) is 17.2 Å². The monoisotopic (exact) mass is 334 g/mol. The van der Waals surface area contributed by atoms with Gasteiger partial charge in [-0.3, -0.25) is 0 Å². The summed E-state index contributed by atoms with van der Waals surface area (Å²) >= 11 is 0. The molecule has 130 valence electrons. The third-order valence-electron chi connectivity index (χ3n) is 5.83. The van der Waals surface area contributed by atoms with Crippen molar-refractivity contribution in [1.82, 2.24) is 4.98 Å². The Balaban J connectivity index is 1.99. The second kappa shape index (κ2) is 5.37. The smallest absolute Gasteiger partial charge is 0.0830 e. The Morgan fingerprint density at radius 2 is 1.84 bits per heavy atom. The molecule has 0 saturated heterocycles. The first-order chi connectivity index (χ1) is 11.8. The molecule has 3 aromatic rings. The SMILES string of the molecule is Cc1cc(-c2cccc3cc[nH]c23)c(C)c2c1NC(C)(C)[C@H](O)[C@H]2C. The van der Waals surface area contributed by atoms with Crippen molar-refractivity contribution in [3.8, 4) is 11.1 Å². The zero-order valence-corrected chi connectivity index (χ0v) is 15.6. The van der Waals surface area contributed by atoms with E-state index in [-0.39, 0.29) is 11.5 Å². The van der Waals surface area contributed by atoms with E-state index in [0.717, 1.165) is 0 Å². The van der Waals surface area contributed by atoms with E-state index in [0.29, 0.717) is 0 Å². The van der Waals surface area contributed by atoms with E-state index in [9.17, 15) is 5.11 Å². The van der Waals surface area contributed by atoms with Crippen LogP contribution >= 0.6 is 0 Å². The van der Waals surface area contributed by atoms with Gasteiger partial charge in [0.1, 0.15) is 0 Å². The standard InChI is InChI=1S/C22H26N2O/c1-12-11-17(16-8-6-7-15-9-10-23-20(15)16)13(2)18-14(3)21(25)22(4,5)24-19(12)18/h6-11,14,21,23-25H,1-5H3/t14-,21+/m0/s1. The number of fused-ring (bicyclic) bond motifs is 2. The number of H-pyrrole nitrogens is 1. The largest absolute Gasteiger partial charge is 0.390 e. The summed E-state index contributed by atoms with van der Waals surface area (Å²) in [6.45, 7) is 10.6. The summed E-state index contributed by atoms with van der Waals surface area (Å²) in [5.41, 5.74) is 8.20. The molecule has 0 unspecified atom stereocenters. The van der Waals surface area contributed by atoms with Crippen molar-refractivity contribution in [2.24, 2.45) is 0 Å². The van der Waals surface area contributed by atoms with E-state index in [4.69, 9.17) is 0 Å². The van der Waals surface area contributed by atoms with Gasteiger partial charge in [0.15, 0.2) is 0 Å². The molecule has 0 spiro atoms. The Hall–Kier alpha value is -2.26. The van der Waals surface area contributed by atoms with Crippen molar-refractivity contribution in [2.45, 2.75) is 52.2 Å². The molecule has 4 rings (SSSR count). The fourth-order valence-electron chi connectivity index (χ4n) is 4.45. The quantitative estimate of drug-likeness (QED) is 0.578. The highest BCUT2D eigenvalue weighted by Crippen LogP contribution is 2.45. The Kier molecular flexibility index (Phi) is 3.48. The van der Waals surface area contributed by atoms with Crippen LogP contribution in [-0.2, 0) is 0 Å². The number of aromatic nitrogens is 1. The molecule has 0 amide bonds. The minimum Gasteiger partial charge on any atom is -0.390 e. The number of anilines is 1. The summed E-state index contributed by atoms with van der Waals surface area (Å²) in [6, 6.07) is 10.8. The summed E-state index contributed by atoms with van der Waals surface area (Å²) in [4.78, 5) is 3.38. The minimum absolute atomic E-state index is 0.0905. The maximum atomic E-state index is 10.8. The summed E-state index contributed by atoms with van der Waals surface area (Å²) in [5.74, 6) is 0.0905. The fraction of sp³-hybridized carbons (Fsp3) is 0.364. The van der Waals surface area contributed by atoms with Gasteiger partial charge in [0.2, 0.25) is 0 Å². The molecule has 2 heterocycles. The van der Waals surface area contributed by atoms with Crippen molar-refractivity contribution in [2.75, 3.05) is 5.32 Å². The first kappa shape index (κ1) is 16.2. The molecule has 3 nitrogen and oxygen atoms in total. The highest BCUT2D eigenvalue weighted by molar-refractivity contribution is 5.96. The summed E-state index contributed by atoms with van der Waals surface area (Å²) in [7, 11) is 0. The van der Waals surface area contributed by atoms with Gasteiger partial charge in [0.25, 0.3) is 0 Å². The molecule has 1 aliphatic heterocycles. The summed E-state index contributed by atoms with van der Waals surface area (Å²) in [5, 5.41) is 15.6. The first-order valence-electron chi connectivity index (χ1n) is 8.98. The molecule has 2 aromatic carbocycles. The van der Waals surface area contributed by atoms with Crippen molar-refractivity contribution in [3.63, 3.8) is 0 Å². The zero-order valence-electron chi connectivity index (χ0n) is 15.6. The van der Waals surface area contributed by atoms with Crippen LogP contribution in [0.2, 0.25) is 0 Å². The molecule has 0 radical (unpaired) electrons. The third-order valence-corrected chi connectivity index (χ3v) is 5.83. The predicted molar refractivity (Wildman–Crippen MR) is 105 cm³/mol. The number of aliphatic hydroxyl groups excluding tert-OH is 1. The van der Waals surface area contributed by atoms with E-state index in [1.54, 1.807) is 0 Å². The van der Waals surface area contributed by atoms with Crippen molar-refractivity contribution < 1.29 is 5.11 Å². The van der Waals surface area contributed by atoms with E-state index >= 15 is 0 Å². The van der Waals surface area contributed by atoms with Gasteiger partial charge >= 0.3 is 0 Å². The average Bonchev–Trinajstić information content (AvgIpc) is 3.04. The van der Waals surface area contributed by atoms with Crippen LogP contribution in [0.15, 0.2) is 36.5 Å². The number of para-hydroxylation sites is 1. The van der Waals surface area contributed by atoms with Gasteiger partial charge < -0.3 is 15.4 Å². The lowest BCUT2D eigenvalue weighted by atomic mass is 9.75. The molecular formula is C22H26N2O. The molecule has 0 bridgehead atoms. The molecule has 3 N–H and O–H groups in total. The van der Waals surface area contributed by atoms with Crippen molar-refractivity contribution >= 4 is 16.6 Å². The Bertz CT molecular complexity index is 968. The van der Waals surface area contributed by atoms with Crippen LogP contribution < -0.4 is 5.32 Å². The molecular weight excluding hydrogens is 308 g/mol. The number of benzene rings is 2. The molecule has 25 heavy (non-hydrogen) atoms. The minimum atomic E-state index is -0.422. The lowest BCUT2D eigenvalue weighted by Crippen LogP contribution is -2.50. The fourth-order valence-corrected chi connectivity index (χ4v) is 4.45. The number of hydrogen-bond acceptors (Lipinski definition) is 2. The van der Waals surface area contributed by atoms with Crippen LogP contribution in [0.5, 0.6) is 0 Å². The number of hydrogen-bond donors (Lipinski definition) is 3. The zero-order chi connectivity index (χ0) is 17.9. The highest BCUT2D eigenvalue weighted by Gasteiger charge is 2.40. The van der Waals surface area contributed by atoms with Crippen LogP contribution in [0.4, 0.5) is 5.69 Å². The van der Waals surface area contributed by atoms with Crippen molar-refractivity contribution in [1.29, 1.82) is 0 Å². The lowest BCUT2D eigenvalue weighted by molar-refractivity contribution is 0.0866. The van der Waals surface area contributed by atoms with E-state index in [1.165, 1.54) is 44.4 Å². The molecule has 0 saturated carbocycles. The second-order valence-corrected chi connectivity index (χ2v) is 7.98. The normalized spacial score (nSPS) is 21.8. The summed E-state index contributed by atoms with van der Waals surface area (Å²) in [6.07, 6.45) is 1.57. The predicted octanol–water partition coefficient (Wildman–Crippen LogP) is 5.12. The van der Waals surface area contributed by atoms with Crippen LogP contribution in [-0.4, -0.2) is 21.7 Å². The molecule has 2 atom stereocenters. The molecule has 1 aliphatic rings. The third kappa shape index (κ3) is 2.30. The van der Waals surface area contributed by atoms with Gasteiger partial charge in [-0.25, -0.2) is 0 Å². The second-order valence-electron chi connectivity index (χ2n) is 7.98. The first-order valence-corrected chi connectivity index (χ1v) is 8.98. The topological polar surface area (TPSA) is 48.0 Å². The van der Waals surface area contributed by atoms with Crippen LogP contribution in [0, 0.1) is 13.8 Å². The molecule has 3 heteroatoms. The molecule has 0 aliphatic carbocycles. The number of nitrogens with one attached hydrogen (secondary N) is 2. The summed E-state index contributed by atoms with van der Waals surface area (Å²) < 4.78 is 0. The van der Waals surface area contributed by atoms with Crippen LogP contribution in [0.1, 0.15) is 43.4 Å². The van der Waals surface area contributed by atoms with E-state index < -0.39 is 6.10 Å². The van der Waals surface area contributed by atoms with Gasteiger partial charge in [-0.15, -0.1) is 0 Å². The maximum absolute atomic E-state index is 10.8.